The molecule has 2 aromatic rings. The van der Waals surface area contributed by atoms with Gasteiger partial charge in [0.1, 0.15) is 0 Å². The molecule has 0 fully saturated rings. The van der Waals surface area contributed by atoms with E-state index in [2.05, 4.69) is 9.68 Å². The topological polar surface area (TPSA) is 74.1 Å². The Kier molecular flexibility index (Phi) is 1.85. The molecule has 0 amide bonds. The summed E-state index contributed by atoms with van der Waals surface area (Å²) in [4.78, 5) is 11.0. The van der Waals surface area contributed by atoms with E-state index in [0.717, 1.165) is 5.56 Å². The van der Waals surface area contributed by atoms with Crippen LogP contribution in [-0.4, -0.2) is 9.72 Å². The van der Waals surface area contributed by atoms with E-state index in [4.69, 9.17) is 5.73 Å². The molecule has 5 heteroatoms. The monoisotopic (exact) mass is 191 g/mol. The van der Waals surface area contributed by atoms with Crippen LogP contribution in [-0.2, 0) is 7.05 Å². The fraction of sp³-hybridized carbons (Fsp3) is 0.111. The van der Waals surface area contributed by atoms with Gasteiger partial charge in [0.25, 0.3) is 0 Å². The third-order valence-corrected chi connectivity index (χ3v) is 1.95. The molecule has 0 atom stereocenters. The number of nitrogen functional groups attached to an aromatic ring is 1. The van der Waals surface area contributed by atoms with Crippen molar-refractivity contribution in [2.24, 2.45) is 7.05 Å². The van der Waals surface area contributed by atoms with Gasteiger partial charge in [0, 0.05) is 18.3 Å². The number of hydrogen-bond donors (Lipinski definition) is 1. The molecular formula is C9H9N3O2. The number of rotatable bonds is 1. The van der Waals surface area contributed by atoms with E-state index < -0.39 is 5.76 Å². The molecule has 1 aromatic carbocycles. The third kappa shape index (κ3) is 1.28. The van der Waals surface area contributed by atoms with Gasteiger partial charge in [-0.2, -0.15) is 0 Å². The van der Waals surface area contributed by atoms with E-state index in [0.29, 0.717) is 11.5 Å². The number of aromatic nitrogens is 2. The van der Waals surface area contributed by atoms with Gasteiger partial charge in [-0.1, -0.05) is 17.3 Å². The summed E-state index contributed by atoms with van der Waals surface area (Å²) in [5.74, 6) is -0.00951. The van der Waals surface area contributed by atoms with E-state index in [9.17, 15) is 4.79 Å². The van der Waals surface area contributed by atoms with Crippen LogP contribution in [0.3, 0.4) is 0 Å². The van der Waals surface area contributed by atoms with Crippen LogP contribution in [0, 0.1) is 0 Å². The second-order valence-electron chi connectivity index (χ2n) is 2.96. The lowest BCUT2D eigenvalue weighted by Crippen LogP contribution is -2.10. The Labute approximate surface area is 79.7 Å². The minimum Gasteiger partial charge on any atom is -0.399 e. The first-order chi connectivity index (χ1) is 6.68. The molecule has 2 N–H and O–H groups in total. The molecule has 0 aliphatic rings. The smallest absolute Gasteiger partial charge is 0.399 e. The van der Waals surface area contributed by atoms with Crippen LogP contribution >= 0.6 is 0 Å². The molecule has 1 aromatic heterocycles. The molecule has 0 saturated carbocycles. The molecule has 0 spiro atoms. The Hall–Kier alpha value is -2.04. The summed E-state index contributed by atoms with van der Waals surface area (Å²) < 4.78 is 5.83. The van der Waals surface area contributed by atoms with Gasteiger partial charge >= 0.3 is 5.76 Å². The van der Waals surface area contributed by atoms with Gasteiger partial charge in [0.15, 0.2) is 5.82 Å². The van der Waals surface area contributed by atoms with Crippen LogP contribution < -0.4 is 11.5 Å². The Balaban J connectivity index is 2.60. The summed E-state index contributed by atoms with van der Waals surface area (Å²) in [5.41, 5.74) is 6.99. The van der Waals surface area contributed by atoms with E-state index in [1.807, 2.05) is 6.07 Å². The first kappa shape index (κ1) is 8.55. The number of nitrogens with zero attached hydrogens (tertiary/aromatic N) is 2. The third-order valence-electron chi connectivity index (χ3n) is 1.95. The highest BCUT2D eigenvalue weighted by Crippen LogP contribution is 2.17. The van der Waals surface area contributed by atoms with Crippen molar-refractivity contribution in [3.8, 4) is 11.4 Å². The molecule has 0 radical (unpaired) electrons. The lowest BCUT2D eigenvalue weighted by Gasteiger charge is -1.98. The Morgan fingerprint density at radius 2 is 2.29 bits per heavy atom. The highest BCUT2D eigenvalue weighted by molar-refractivity contribution is 5.60. The second kappa shape index (κ2) is 3.02. The first-order valence-corrected chi connectivity index (χ1v) is 4.07. The van der Waals surface area contributed by atoms with E-state index in [-0.39, 0.29) is 0 Å². The van der Waals surface area contributed by atoms with Gasteiger partial charge < -0.3 is 5.73 Å². The lowest BCUT2D eigenvalue weighted by atomic mass is 10.2. The minimum absolute atomic E-state index is 0.474. The molecular weight excluding hydrogens is 182 g/mol. The highest BCUT2D eigenvalue weighted by atomic mass is 16.5. The molecule has 1 heterocycles. The minimum atomic E-state index is -0.484. The van der Waals surface area contributed by atoms with Gasteiger partial charge in [0.05, 0.1) is 0 Å². The van der Waals surface area contributed by atoms with Crippen LogP contribution in [0.5, 0.6) is 0 Å². The van der Waals surface area contributed by atoms with Crippen LogP contribution in [0.4, 0.5) is 5.69 Å². The number of hydrogen-bond acceptors (Lipinski definition) is 4. The molecule has 0 saturated heterocycles. The highest BCUT2D eigenvalue weighted by Gasteiger charge is 2.08. The summed E-state index contributed by atoms with van der Waals surface area (Å²) in [7, 11) is 1.59. The zero-order valence-corrected chi connectivity index (χ0v) is 7.60. The van der Waals surface area contributed by atoms with Gasteiger partial charge in [0.2, 0.25) is 0 Å². The summed E-state index contributed by atoms with van der Waals surface area (Å²) >= 11 is 0. The zero-order chi connectivity index (χ0) is 10.1. The summed E-state index contributed by atoms with van der Waals surface area (Å²) in [6, 6.07) is 7.11. The average molecular weight is 191 g/mol. The maximum atomic E-state index is 11.0. The van der Waals surface area contributed by atoms with Crippen molar-refractivity contribution in [2.75, 3.05) is 5.73 Å². The van der Waals surface area contributed by atoms with Crippen LogP contribution in [0.15, 0.2) is 33.6 Å². The quantitative estimate of drug-likeness (QED) is 0.670. The number of nitrogens with two attached hydrogens (primary N) is 1. The fourth-order valence-corrected chi connectivity index (χ4v) is 1.22. The predicted molar refractivity (Wildman–Crippen MR) is 51.6 cm³/mol. The van der Waals surface area contributed by atoms with Gasteiger partial charge in [-0.25, -0.2) is 4.79 Å². The summed E-state index contributed by atoms with van der Waals surface area (Å²) in [6.07, 6.45) is 0. The van der Waals surface area contributed by atoms with Crippen LogP contribution in [0.1, 0.15) is 0 Å². The van der Waals surface area contributed by atoms with Crippen LogP contribution in [0.2, 0.25) is 0 Å². The van der Waals surface area contributed by atoms with Crippen molar-refractivity contribution >= 4 is 5.69 Å². The molecule has 0 aliphatic heterocycles. The standard InChI is InChI=1S/C9H9N3O2/c1-12-8(11-14-9(12)13)6-3-2-4-7(10)5-6/h2-5H,10H2,1H3. The van der Waals surface area contributed by atoms with Crippen molar-refractivity contribution in [1.82, 2.24) is 9.72 Å². The molecule has 0 unspecified atom stereocenters. The molecule has 14 heavy (non-hydrogen) atoms. The van der Waals surface area contributed by atoms with Crippen molar-refractivity contribution in [2.45, 2.75) is 0 Å². The normalized spacial score (nSPS) is 10.4. The lowest BCUT2D eigenvalue weighted by molar-refractivity contribution is 0.380. The Morgan fingerprint density at radius 1 is 1.50 bits per heavy atom. The molecule has 72 valence electrons. The Bertz CT molecular complexity index is 513. The van der Waals surface area contributed by atoms with E-state index in [1.54, 1.807) is 25.2 Å². The van der Waals surface area contributed by atoms with E-state index in [1.165, 1.54) is 4.57 Å². The van der Waals surface area contributed by atoms with Gasteiger partial charge in [-0.3, -0.25) is 9.09 Å². The first-order valence-electron chi connectivity index (χ1n) is 4.07. The summed E-state index contributed by atoms with van der Waals surface area (Å²) in [5, 5.41) is 3.65. The average Bonchev–Trinajstić information content (AvgIpc) is 2.48. The van der Waals surface area contributed by atoms with E-state index >= 15 is 0 Å². The molecule has 0 bridgehead atoms. The summed E-state index contributed by atoms with van der Waals surface area (Å²) in [6.45, 7) is 0. The van der Waals surface area contributed by atoms with Crippen LogP contribution in [0.25, 0.3) is 11.4 Å². The number of benzene rings is 1. The molecule has 2 rings (SSSR count). The Morgan fingerprint density at radius 3 is 2.86 bits per heavy atom. The van der Waals surface area contributed by atoms with Gasteiger partial charge in [-0.05, 0) is 12.1 Å². The van der Waals surface area contributed by atoms with Crippen molar-refractivity contribution in [1.29, 1.82) is 0 Å². The number of anilines is 1. The zero-order valence-electron chi connectivity index (χ0n) is 7.60. The largest absolute Gasteiger partial charge is 0.441 e. The molecule has 5 nitrogen and oxygen atoms in total. The van der Waals surface area contributed by atoms with Gasteiger partial charge in [-0.15, -0.1) is 0 Å². The fourth-order valence-electron chi connectivity index (χ4n) is 1.22. The maximum Gasteiger partial charge on any atom is 0.441 e. The maximum absolute atomic E-state index is 11.0. The van der Waals surface area contributed by atoms with Crippen molar-refractivity contribution in [3.63, 3.8) is 0 Å². The molecule has 0 aliphatic carbocycles. The predicted octanol–water partition coefficient (Wildman–Crippen LogP) is 0.622. The van der Waals surface area contributed by atoms with Crippen molar-refractivity contribution in [3.05, 3.63) is 34.8 Å². The SMILES string of the molecule is Cn1c(-c2cccc(N)c2)noc1=O. The second-order valence-corrected chi connectivity index (χ2v) is 2.96. The van der Waals surface area contributed by atoms with Crippen molar-refractivity contribution < 1.29 is 4.52 Å².